The Bertz CT molecular complexity index is 1240. The van der Waals surface area contributed by atoms with Gasteiger partial charge >= 0.3 is 17.9 Å². The molecular weight excluding hydrogens is 518 g/mol. The smallest absolute Gasteiger partial charge is 0.303 e. The summed E-state index contributed by atoms with van der Waals surface area (Å²) in [5, 5.41) is 0.993. The number of carbonyl (C=O) groups excluding carboxylic acids is 3. The van der Waals surface area contributed by atoms with Crippen molar-refractivity contribution in [2.24, 2.45) is 0 Å². The third-order valence-corrected chi connectivity index (χ3v) is 6.38. The first kappa shape index (κ1) is 24.9. The van der Waals surface area contributed by atoms with Crippen molar-refractivity contribution in [1.82, 2.24) is 4.57 Å². The quantitative estimate of drug-likeness (QED) is 0.337. The second-order valence-electron chi connectivity index (χ2n) is 8.38. The third kappa shape index (κ3) is 5.57. The lowest BCUT2D eigenvalue weighted by molar-refractivity contribution is -0.239. The molecule has 2 heterocycles. The van der Waals surface area contributed by atoms with E-state index < -0.39 is 42.4 Å². The summed E-state index contributed by atoms with van der Waals surface area (Å²) in [5.74, 6) is -1.72. The molecule has 0 spiro atoms. The number of ether oxygens (including phenoxy) is 4. The fourth-order valence-electron chi connectivity index (χ4n) is 4.47. The van der Waals surface area contributed by atoms with Crippen LogP contribution >= 0.6 is 15.9 Å². The van der Waals surface area contributed by atoms with E-state index >= 15 is 0 Å². The fourth-order valence-corrected chi connectivity index (χ4v) is 5.08. The SMILES string of the molecule is CC(=O)O[C@@H]1[C@@H](OC(C)=O)[C@H](OC(C)=O)CO[C@H]1n1cc(Cc2ccccc2)c2c(Br)cccc21. The van der Waals surface area contributed by atoms with Gasteiger partial charge in [0.2, 0.25) is 0 Å². The lowest BCUT2D eigenvalue weighted by atomic mass is 10.0. The van der Waals surface area contributed by atoms with E-state index in [0.717, 1.165) is 26.5 Å². The van der Waals surface area contributed by atoms with Crippen LogP contribution in [0.4, 0.5) is 0 Å². The summed E-state index contributed by atoms with van der Waals surface area (Å²) in [6.07, 6.45) is -1.21. The number of benzene rings is 2. The van der Waals surface area contributed by atoms with Gasteiger partial charge in [-0.3, -0.25) is 14.4 Å². The largest absolute Gasteiger partial charge is 0.456 e. The molecule has 2 aromatic carbocycles. The number of rotatable bonds is 6. The molecule has 184 valence electrons. The van der Waals surface area contributed by atoms with Crippen LogP contribution in [0.3, 0.4) is 0 Å². The zero-order chi connectivity index (χ0) is 25.1. The van der Waals surface area contributed by atoms with Crippen LogP contribution in [0.25, 0.3) is 10.9 Å². The highest BCUT2D eigenvalue weighted by molar-refractivity contribution is 9.10. The Morgan fingerprint density at radius 2 is 1.57 bits per heavy atom. The molecule has 0 amide bonds. The maximum atomic E-state index is 12.1. The van der Waals surface area contributed by atoms with E-state index in [1.165, 1.54) is 20.8 Å². The van der Waals surface area contributed by atoms with E-state index in [0.29, 0.717) is 6.42 Å². The first-order valence-electron chi connectivity index (χ1n) is 11.2. The van der Waals surface area contributed by atoms with Crippen molar-refractivity contribution < 1.29 is 33.3 Å². The first-order valence-corrected chi connectivity index (χ1v) is 12.0. The molecule has 35 heavy (non-hydrogen) atoms. The Balaban J connectivity index is 1.80. The standard InChI is InChI=1S/C26H26BrNO7/c1-15(29)33-22-14-32-26(25(35-17(3)31)24(22)34-16(2)30)28-13-19(12-18-8-5-4-6-9-18)23-20(27)10-7-11-21(23)28/h4-11,13,22,24-26H,12,14H2,1-3H3/t22-,24+,25-,26-/m1/s1. The molecule has 9 heteroatoms. The lowest BCUT2D eigenvalue weighted by Crippen LogP contribution is -2.55. The van der Waals surface area contributed by atoms with Crippen molar-refractivity contribution in [3.63, 3.8) is 0 Å². The summed E-state index contributed by atoms with van der Waals surface area (Å²) >= 11 is 3.67. The van der Waals surface area contributed by atoms with E-state index in [9.17, 15) is 14.4 Å². The average Bonchev–Trinajstić information content (AvgIpc) is 3.15. The summed E-state index contributed by atoms with van der Waals surface area (Å²) < 4.78 is 25.4. The van der Waals surface area contributed by atoms with Crippen LogP contribution in [0, 0.1) is 0 Å². The van der Waals surface area contributed by atoms with Gasteiger partial charge in [-0.1, -0.05) is 52.3 Å². The molecule has 0 saturated carbocycles. The Hall–Kier alpha value is -3.17. The number of halogens is 1. The van der Waals surface area contributed by atoms with Gasteiger partial charge < -0.3 is 23.5 Å². The molecule has 0 aliphatic carbocycles. The van der Waals surface area contributed by atoms with Crippen LogP contribution in [-0.2, 0) is 39.8 Å². The zero-order valence-electron chi connectivity index (χ0n) is 19.6. The fraction of sp³-hybridized carbons (Fsp3) is 0.346. The Morgan fingerprint density at radius 3 is 2.23 bits per heavy atom. The molecule has 0 N–H and O–H groups in total. The van der Waals surface area contributed by atoms with E-state index in [-0.39, 0.29) is 6.61 Å². The van der Waals surface area contributed by atoms with Crippen molar-refractivity contribution in [2.75, 3.05) is 6.61 Å². The molecule has 1 aromatic heterocycles. The normalized spacial score (nSPS) is 21.9. The number of hydrogen-bond acceptors (Lipinski definition) is 7. The van der Waals surface area contributed by atoms with Crippen molar-refractivity contribution in [1.29, 1.82) is 0 Å². The molecule has 4 rings (SSSR count). The minimum absolute atomic E-state index is 0.0400. The second kappa shape index (κ2) is 10.6. The van der Waals surface area contributed by atoms with Gasteiger partial charge in [-0.05, 0) is 29.7 Å². The maximum absolute atomic E-state index is 12.1. The lowest BCUT2D eigenvalue weighted by Gasteiger charge is -2.41. The average molecular weight is 544 g/mol. The Labute approximate surface area is 211 Å². The van der Waals surface area contributed by atoms with Crippen molar-refractivity contribution >= 4 is 44.7 Å². The van der Waals surface area contributed by atoms with Crippen molar-refractivity contribution in [2.45, 2.75) is 51.7 Å². The van der Waals surface area contributed by atoms with Gasteiger partial charge in [0.1, 0.15) is 0 Å². The van der Waals surface area contributed by atoms with Crippen LogP contribution in [0.15, 0.2) is 59.2 Å². The molecule has 1 aliphatic rings. The van der Waals surface area contributed by atoms with Crippen LogP contribution in [-0.4, -0.2) is 47.4 Å². The van der Waals surface area contributed by atoms with Gasteiger partial charge in [-0.15, -0.1) is 0 Å². The van der Waals surface area contributed by atoms with Crippen LogP contribution in [0.5, 0.6) is 0 Å². The van der Waals surface area contributed by atoms with Crippen molar-refractivity contribution in [3.8, 4) is 0 Å². The topological polar surface area (TPSA) is 93.1 Å². The maximum Gasteiger partial charge on any atom is 0.303 e. The van der Waals surface area contributed by atoms with Gasteiger partial charge in [0.15, 0.2) is 24.5 Å². The molecule has 0 radical (unpaired) electrons. The Morgan fingerprint density at radius 1 is 0.914 bits per heavy atom. The summed E-state index contributed by atoms with van der Waals surface area (Å²) in [4.78, 5) is 35.7. The Kier molecular flexibility index (Phi) is 7.57. The molecule has 8 nitrogen and oxygen atoms in total. The number of nitrogens with zero attached hydrogens (tertiary/aromatic N) is 1. The predicted octanol–water partition coefficient (Wildman–Crippen LogP) is 4.32. The van der Waals surface area contributed by atoms with E-state index in [2.05, 4.69) is 28.1 Å². The monoisotopic (exact) mass is 543 g/mol. The molecule has 3 aromatic rings. The van der Waals surface area contributed by atoms with Gasteiger partial charge in [0, 0.05) is 36.8 Å². The van der Waals surface area contributed by atoms with Crippen LogP contribution in [0.2, 0.25) is 0 Å². The minimum atomic E-state index is -1.05. The molecule has 4 atom stereocenters. The predicted molar refractivity (Wildman–Crippen MR) is 131 cm³/mol. The highest BCUT2D eigenvalue weighted by Crippen LogP contribution is 2.37. The molecule has 1 saturated heterocycles. The number of hydrogen-bond donors (Lipinski definition) is 0. The van der Waals surface area contributed by atoms with Crippen LogP contribution < -0.4 is 0 Å². The number of esters is 3. The van der Waals surface area contributed by atoms with Crippen LogP contribution in [0.1, 0.15) is 38.1 Å². The summed E-state index contributed by atoms with van der Waals surface area (Å²) in [6.45, 7) is 3.73. The van der Waals surface area contributed by atoms with E-state index in [1.54, 1.807) is 0 Å². The number of carbonyl (C=O) groups is 3. The van der Waals surface area contributed by atoms with Gasteiger partial charge in [-0.2, -0.15) is 0 Å². The van der Waals surface area contributed by atoms with Gasteiger partial charge in [0.05, 0.1) is 12.1 Å². The first-order chi connectivity index (χ1) is 16.7. The van der Waals surface area contributed by atoms with E-state index in [4.69, 9.17) is 18.9 Å². The van der Waals surface area contributed by atoms with Gasteiger partial charge in [0.25, 0.3) is 0 Å². The minimum Gasteiger partial charge on any atom is -0.456 e. The molecule has 0 unspecified atom stereocenters. The second-order valence-corrected chi connectivity index (χ2v) is 9.23. The zero-order valence-corrected chi connectivity index (χ0v) is 21.2. The molecule has 1 fully saturated rings. The van der Waals surface area contributed by atoms with E-state index in [1.807, 2.05) is 47.2 Å². The summed E-state index contributed by atoms with van der Waals surface area (Å²) in [5.41, 5.74) is 3.02. The summed E-state index contributed by atoms with van der Waals surface area (Å²) in [6, 6.07) is 15.9. The van der Waals surface area contributed by atoms with Crippen molar-refractivity contribution in [3.05, 3.63) is 70.3 Å². The third-order valence-electron chi connectivity index (χ3n) is 5.72. The number of fused-ring (bicyclic) bond motifs is 1. The highest BCUT2D eigenvalue weighted by Gasteiger charge is 2.48. The molecular formula is C26H26BrNO7. The van der Waals surface area contributed by atoms with Gasteiger partial charge in [-0.25, -0.2) is 0 Å². The number of aromatic nitrogens is 1. The molecule has 0 bridgehead atoms. The summed E-state index contributed by atoms with van der Waals surface area (Å²) in [7, 11) is 0. The highest BCUT2D eigenvalue weighted by atomic mass is 79.9. The molecule has 1 aliphatic heterocycles.